The Morgan fingerprint density at radius 1 is 0.862 bits per heavy atom. The summed E-state index contributed by atoms with van der Waals surface area (Å²) in [4.78, 5) is 28.8. The largest absolute Gasteiger partial charge is 0.354 e. The molecule has 2 amide bonds. The third-order valence-corrected chi connectivity index (χ3v) is 5.77. The van der Waals surface area contributed by atoms with Gasteiger partial charge in [0.15, 0.2) is 0 Å². The van der Waals surface area contributed by atoms with Crippen molar-refractivity contribution in [2.24, 2.45) is 0 Å². The van der Waals surface area contributed by atoms with Crippen molar-refractivity contribution < 1.29 is 9.59 Å². The Hall–Kier alpha value is -3.25. The van der Waals surface area contributed by atoms with Crippen LogP contribution >= 0.6 is 11.3 Å². The summed E-state index contributed by atoms with van der Waals surface area (Å²) in [6.45, 7) is 0.474. The molecule has 29 heavy (non-hydrogen) atoms. The summed E-state index contributed by atoms with van der Waals surface area (Å²) in [5.74, 6) is -0.361. The Labute approximate surface area is 172 Å². The molecule has 1 heterocycles. The summed E-state index contributed by atoms with van der Waals surface area (Å²) >= 11 is 1.64. The first kappa shape index (κ1) is 19.1. The maximum absolute atomic E-state index is 12.3. The van der Waals surface area contributed by atoms with Crippen molar-refractivity contribution >= 4 is 44.1 Å². The summed E-state index contributed by atoms with van der Waals surface area (Å²) < 4.78 is 1.15. The van der Waals surface area contributed by atoms with Gasteiger partial charge in [-0.2, -0.15) is 0 Å². The first-order valence-corrected chi connectivity index (χ1v) is 10.4. The van der Waals surface area contributed by atoms with E-state index in [1.54, 1.807) is 11.3 Å². The number of hydrogen-bond acceptors (Lipinski definition) is 4. The number of nitrogens with one attached hydrogen (secondary N) is 2. The number of benzene rings is 3. The zero-order valence-electron chi connectivity index (χ0n) is 15.9. The number of amides is 2. The van der Waals surface area contributed by atoms with Gasteiger partial charge in [0.1, 0.15) is 0 Å². The quantitative estimate of drug-likeness (QED) is 0.496. The molecule has 0 radical (unpaired) electrons. The van der Waals surface area contributed by atoms with Crippen molar-refractivity contribution in [1.29, 1.82) is 0 Å². The maximum Gasteiger partial charge on any atom is 0.239 e. The Balaban J connectivity index is 1.23. The van der Waals surface area contributed by atoms with E-state index >= 15 is 0 Å². The lowest BCUT2D eigenvalue weighted by Crippen LogP contribution is -2.38. The fraction of sp³-hybridized carbons (Fsp3) is 0.174. The van der Waals surface area contributed by atoms with Crippen LogP contribution in [0.25, 0.3) is 21.0 Å². The summed E-state index contributed by atoms with van der Waals surface area (Å²) in [7, 11) is 0. The van der Waals surface area contributed by atoms with Crippen molar-refractivity contribution in [3.05, 3.63) is 77.3 Å². The van der Waals surface area contributed by atoms with Crippen molar-refractivity contribution in [2.45, 2.75) is 12.8 Å². The second-order valence-corrected chi connectivity index (χ2v) is 7.88. The monoisotopic (exact) mass is 403 g/mol. The molecule has 0 aliphatic rings. The van der Waals surface area contributed by atoms with Gasteiger partial charge in [-0.15, -0.1) is 11.3 Å². The number of nitrogens with zero attached hydrogens (tertiary/aromatic N) is 1. The Morgan fingerprint density at radius 2 is 1.66 bits per heavy atom. The fourth-order valence-corrected chi connectivity index (χ4v) is 4.23. The van der Waals surface area contributed by atoms with E-state index in [0.29, 0.717) is 13.0 Å². The normalized spacial score (nSPS) is 10.9. The van der Waals surface area contributed by atoms with Gasteiger partial charge in [0, 0.05) is 13.0 Å². The first-order valence-electron chi connectivity index (χ1n) is 9.53. The molecule has 6 heteroatoms. The third kappa shape index (κ3) is 4.78. The summed E-state index contributed by atoms with van der Waals surface area (Å²) in [5.41, 5.74) is 1.94. The molecule has 3 aromatic carbocycles. The average Bonchev–Trinajstić information content (AvgIpc) is 3.15. The molecule has 0 saturated carbocycles. The highest BCUT2D eigenvalue weighted by Gasteiger charge is 2.09. The molecule has 0 spiro atoms. The van der Waals surface area contributed by atoms with Gasteiger partial charge in [-0.1, -0.05) is 54.6 Å². The molecule has 0 fully saturated rings. The number of carbonyl (C=O) groups is 2. The molecule has 0 atom stereocenters. The van der Waals surface area contributed by atoms with Crippen LogP contribution in [0.1, 0.15) is 10.6 Å². The van der Waals surface area contributed by atoms with Crippen LogP contribution < -0.4 is 10.6 Å². The van der Waals surface area contributed by atoms with Gasteiger partial charge in [0.05, 0.1) is 28.2 Å². The minimum Gasteiger partial charge on any atom is -0.354 e. The van der Waals surface area contributed by atoms with E-state index in [4.69, 9.17) is 0 Å². The van der Waals surface area contributed by atoms with E-state index in [9.17, 15) is 9.59 Å². The van der Waals surface area contributed by atoms with Gasteiger partial charge in [0.25, 0.3) is 0 Å². The second kappa shape index (κ2) is 8.84. The van der Waals surface area contributed by atoms with Gasteiger partial charge < -0.3 is 10.6 Å². The highest BCUT2D eigenvalue weighted by Crippen LogP contribution is 2.21. The van der Waals surface area contributed by atoms with Crippen molar-refractivity contribution in [1.82, 2.24) is 15.6 Å². The number of thiazole rings is 1. The molecule has 0 unspecified atom stereocenters. The number of fused-ring (bicyclic) bond motifs is 2. The molecule has 0 aliphatic carbocycles. The zero-order valence-corrected chi connectivity index (χ0v) is 16.7. The summed E-state index contributed by atoms with van der Waals surface area (Å²) in [6.07, 6.45) is 0.926. The van der Waals surface area contributed by atoms with Gasteiger partial charge in [0.2, 0.25) is 11.8 Å². The first-order chi connectivity index (χ1) is 14.2. The van der Waals surface area contributed by atoms with E-state index in [1.165, 1.54) is 0 Å². The minimum absolute atomic E-state index is 0.0244. The van der Waals surface area contributed by atoms with Crippen molar-refractivity contribution in [3.63, 3.8) is 0 Å². The average molecular weight is 404 g/mol. The number of para-hydroxylation sites is 1. The predicted molar refractivity (Wildman–Crippen MR) is 117 cm³/mol. The van der Waals surface area contributed by atoms with Crippen LogP contribution in [0, 0.1) is 0 Å². The zero-order chi connectivity index (χ0) is 20.1. The highest BCUT2D eigenvalue weighted by atomic mass is 32.1. The van der Waals surface area contributed by atoms with Gasteiger partial charge in [-0.05, 0) is 28.5 Å². The number of rotatable bonds is 7. The van der Waals surface area contributed by atoms with Crippen LogP contribution in [0.2, 0.25) is 0 Å². The molecule has 0 bridgehead atoms. The lowest BCUT2D eigenvalue weighted by molar-refractivity contribution is -0.125. The van der Waals surface area contributed by atoms with Crippen LogP contribution in [0.5, 0.6) is 0 Å². The molecule has 146 valence electrons. The molecular formula is C23H21N3O2S. The van der Waals surface area contributed by atoms with Crippen LogP contribution in [-0.2, 0) is 22.4 Å². The molecule has 5 nitrogen and oxygen atoms in total. The molecule has 4 rings (SSSR count). The lowest BCUT2D eigenvalue weighted by Gasteiger charge is -2.08. The molecular weight excluding hydrogens is 382 g/mol. The fourth-order valence-electron chi connectivity index (χ4n) is 3.26. The topological polar surface area (TPSA) is 71.1 Å². The van der Waals surface area contributed by atoms with Crippen LogP contribution in [0.15, 0.2) is 66.7 Å². The second-order valence-electron chi connectivity index (χ2n) is 6.77. The molecule has 0 saturated heterocycles. The standard InChI is InChI=1S/C23H21N3O2S/c27-21(14-17-8-5-7-16-6-1-2-9-18(16)17)25-15-22(28)24-13-12-23-26-19-10-3-4-11-20(19)29-23/h1-11H,12-15H2,(H,24,28)(H,25,27). The Kier molecular flexibility index (Phi) is 5.81. The maximum atomic E-state index is 12.3. The smallest absolute Gasteiger partial charge is 0.239 e. The van der Waals surface area contributed by atoms with E-state index in [0.717, 1.165) is 31.6 Å². The van der Waals surface area contributed by atoms with E-state index < -0.39 is 0 Å². The number of aromatic nitrogens is 1. The Bertz CT molecular complexity index is 1130. The van der Waals surface area contributed by atoms with E-state index in [2.05, 4.69) is 15.6 Å². The van der Waals surface area contributed by atoms with Gasteiger partial charge >= 0.3 is 0 Å². The van der Waals surface area contributed by atoms with Crippen LogP contribution in [0.3, 0.4) is 0 Å². The lowest BCUT2D eigenvalue weighted by atomic mass is 10.0. The Morgan fingerprint density at radius 3 is 2.55 bits per heavy atom. The van der Waals surface area contributed by atoms with Gasteiger partial charge in [-0.3, -0.25) is 9.59 Å². The van der Waals surface area contributed by atoms with Crippen LogP contribution in [0.4, 0.5) is 0 Å². The molecule has 0 aliphatic heterocycles. The molecule has 2 N–H and O–H groups in total. The predicted octanol–water partition coefficient (Wildman–Crippen LogP) is 3.47. The van der Waals surface area contributed by atoms with E-state index in [-0.39, 0.29) is 24.8 Å². The third-order valence-electron chi connectivity index (χ3n) is 4.68. The van der Waals surface area contributed by atoms with E-state index in [1.807, 2.05) is 66.7 Å². The molecule has 4 aromatic rings. The van der Waals surface area contributed by atoms with Crippen molar-refractivity contribution in [3.8, 4) is 0 Å². The summed E-state index contributed by atoms with van der Waals surface area (Å²) in [6, 6.07) is 21.9. The SMILES string of the molecule is O=C(CNC(=O)Cc1cccc2ccccc12)NCCc1nc2ccccc2s1. The van der Waals surface area contributed by atoms with Crippen LogP contribution in [-0.4, -0.2) is 29.9 Å². The minimum atomic E-state index is -0.197. The summed E-state index contributed by atoms with van der Waals surface area (Å²) in [5, 5.41) is 8.69. The van der Waals surface area contributed by atoms with Crippen molar-refractivity contribution in [2.75, 3.05) is 13.1 Å². The van der Waals surface area contributed by atoms with Gasteiger partial charge in [-0.25, -0.2) is 4.98 Å². The molecule has 1 aromatic heterocycles. The number of carbonyl (C=O) groups excluding carboxylic acids is 2. The highest BCUT2D eigenvalue weighted by molar-refractivity contribution is 7.18. The number of hydrogen-bond donors (Lipinski definition) is 2.